The van der Waals surface area contributed by atoms with E-state index in [2.05, 4.69) is 25.4 Å². The van der Waals surface area contributed by atoms with Gasteiger partial charge in [0.1, 0.15) is 47.6 Å². The Balaban J connectivity index is 1.11. The first-order chi connectivity index (χ1) is 36.3. The number of benzene rings is 4. The molecule has 0 unspecified atom stereocenters. The molecule has 6 heterocycles. The molecule has 7 aromatic rings. The van der Waals surface area contributed by atoms with Gasteiger partial charge in [0, 0.05) is 43.8 Å². The lowest BCUT2D eigenvalue weighted by Crippen LogP contribution is -2.46. The fourth-order valence-electron chi connectivity index (χ4n) is 10.3. The lowest BCUT2D eigenvalue weighted by molar-refractivity contribution is -0.137. The highest BCUT2D eigenvalue weighted by Gasteiger charge is 2.41. The molecule has 3 aliphatic heterocycles. The molecule has 75 heavy (non-hydrogen) atoms. The van der Waals surface area contributed by atoms with Crippen molar-refractivity contribution < 1.29 is 46.0 Å². The van der Waals surface area contributed by atoms with Gasteiger partial charge in [-0.15, -0.1) is 5.10 Å². The Morgan fingerprint density at radius 2 is 1.49 bits per heavy atom. The van der Waals surface area contributed by atoms with Crippen LogP contribution in [0.5, 0.6) is 29.0 Å². The van der Waals surface area contributed by atoms with Gasteiger partial charge in [-0.1, -0.05) is 48.0 Å². The average Bonchev–Trinajstić information content (AvgIpc) is 3.74. The maximum atomic E-state index is 18.3. The van der Waals surface area contributed by atoms with Gasteiger partial charge >= 0.3 is 12.2 Å². The van der Waals surface area contributed by atoms with E-state index in [0.29, 0.717) is 37.1 Å². The van der Waals surface area contributed by atoms with Gasteiger partial charge in [-0.3, -0.25) is 4.90 Å². The van der Waals surface area contributed by atoms with Gasteiger partial charge in [0.05, 0.1) is 80.6 Å². The van der Waals surface area contributed by atoms with Crippen molar-refractivity contribution in [3.63, 3.8) is 0 Å². The van der Waals surface area contributed by atoms with E-state index in [0.717, 1.165) is 47.4 Å². The van der Waals surface area contributed by atoms with E-state index in [1.807, 2.05) is 71.3 Å². The van der Waals surface area contributed by atoms with Gasteiger partial charge < -0.3 is 43.5 Å². The van der Waals surface area contributed by atoms with Crippen LogP contribution >= 0.6 is 11.6 Å². The molecule has 15 nitrogen and oxygen atoms in total. The van der Waals surface area contributed by atoms with Crippen LogP contribution in [0, 0.1) is 12.7 Å². The standard InChI is InChI=1S/C55H56ClF4N9O6/c1-32-26-43(67(28-35-8-16-40(71-4)17-9-35)29-36-10-18-41(72-5)19-11-36)63-49(46(32)55(58,59)60)44-47(56)51-45-50(48(44)57)64-54(75-31-38-13-12-37-30-73-24-22-69(37)38)65-53(45)68(23-25-74-51)33(2)42-20-21-62-66-52(42)61-27-34-6-14-39(70-3)15-7-34/h6-11,14-21,26,33,37-38H,12-13,22-25,27-31H2,1-5H3,(H,61,66)/t33-,37+,38+/m1/s1. The van der Waals surface area contributed by atoms with E-state index in [-0.39, 0.29) is 84.8 Å². The summed E-state index contributed by atoms with van der Waals surface area (Å²) in [5.41, 5.74) is 0.249. The third kappa shape index (κ3) is 10.7. The summed E-state index contributed by atoms with van der Waals surface area (Å²) in [5.74, 6) is 1.57. The first-order valence-electron chi connectivity index (χ1n) is 24.7. The molecule has 1 N–H and O–H groups in total. The number of nitrogens with zero attached hydrogens (tertiary/aromatic N) is 8. The zero-order valence-electron chi connectivity index (χ0n) is 42.1. The monoisotopic (exact) mass is 1050 g/mol. The molecule has 2 saturated heterocycles. The Kier molecular flexibility index (Phi) is 15.0. The summed E-state index contributed by atoms with van der Waals surface area (Å²) in [5, 5.41) is 11.7. The van der Waals surface area contributed by atoms with Crippen LogP contribution in [0.2, 0.25) is 5.02 Å². The molecule has 10 rings (SSSR count). The number of aromatic nitrogens is 5. The number of halogens is 5. The zero-order valence-corrected chi connectivity index (χ0v) is 42.8. The normalized spacial score (nSPS) is 17.0. The molecule has 0 radical (unpaired) electrons. The number of hydrogen-bond donors (Lipinski definition) is 1. The lowest BCUT2D eigenvalue weighted by atomic mass is 9.98. The molecule has 0 saturated carbocycles. The molecule has 2 fully saturated rings. The highest BCUT2D eigenvalue weighted by Crippen LogP contribution is 2.51. The number of pyridine rings is 1. The molecule has 0 bridgehead atoms. The molecule has 3 aliphatic rings. The van der Waals surface area contributed by atoms with E-state index in [1.165, 1.54) is 13.0 Å². The number of nitrogens with one attached hydrogen (secondary N) is 1. The van der Waals surface area contributed by atoms with Gasteiger partial charge in [-0.2, -0.15) is 28.2 Å². The summed E-state index contributed by atoms with van der Waals surface area (Å²) in [7, 11) is 4.73. The number of fused-ring (bicyclic) bond motifs is 1. The number of hydrogen-bond acceptors (Lipinski definition) is 15. The van der Waals surface area contributed by atoms with E-state index in [9.17, 15) is 0 Å². The van der Waals surface area contributed by atoms with Gasteiger partial charge in [0.25, 0.3) is 0 Å². The van der Waals surface area contributed by atoms with E-state index < -0.39 is 39.9 Å². The third-order valence-electron chi connectivity index (χ3n) is 14.2. The molecule has 0 aliphatic carbocycles. The molecular formula is C55H56ClF4N9O6. The third-order valence-corrected chi connectivity index (χ3v) is 14.5. The quantitative estimate of drug-likeness (QED) is 0.0864. The van der Waals surface area contributed by atoms with Crippen molar-refractivity contribution in [3.8, 4) is 40.3 Å². The van der Waals surface area contributed by atoms with Crippen LogP contribution in [0.3, 0.4) is 0 Å². The topological polar surface area (TPSA) is 142 Å². The minimum absolute atomic E-state index is 0.00198. The SMILES string of the molecule is COc1ccc(CNc2nnccc2[C@@H](C)N2CCOc3c(Cl)c(-c4nc(N(Cc5ccc(OC)cc5)Cc5ccc(OC)cc5)cc(C)c4C(F)(F)F)c(F)c4nc(OC[C@@H]5CC[C@H]6COCCN65)nc2c34)cc1. The van der Waals surface area contributed by atoms with Crippen molar-refractivity contribution >= 4 is 40.0 Å². The summed E-state index contributed by atoms with van der Waals surface area (Å²) < 4.78 is 100.0. The highest BCUT2D eigenvalue weighted by atomic mass is 35.5. The Hall–Kier alpha value is -7.22. The minimum Gasteiger partial charge on any atom is -0.497 e. The predicted molar refractivity (Wildman–Crippen MR) is 277 cm³/mol. The van der Waals surface area contributed by atoms with Gasteiger partial charge in [-0.25, -0.2) is 9.37 Å². The highest BCUT2D eigenvalue weighted by molar-refractivity contribution is 6.36. The van der Waals surface area contributed by atoms with Crippen LogP contribution in [0.4, 0.5) is 35.0 Å². The Morgan fingerprint density at radius 1 is 0.840 bits per heavy atom. The van der Waals surface area contributed by atoms with E-state index >= 15 is 17.6 Å². The fourth-order valence-corrected chi connectivity index (χ4v) is 10.6. The fraction of sp³-hybridized carbons (Fsp3) is 0.364. The van der Waals surface area contributed by atoms with Crippen LogP contribution in [0.1, 0.15) is 59.2 Å². The van der Waals surface area contributed by atoms with Crippen molar-refractivity contribution in [3.05, 3.63) is 135 Å². The summed E-state index contributed by atoms with van der Waals surface area (Å²) >= 11 is 7.30. The van der Waals surface area contributed by atoms with E-state index in [1.54, 1.807) is 51.8 Å². The molecule has 3 aromatic heterocycles. The summed E-state index contributed by atoms with van der Waals surface area (Å²) in [6.45, 7) is 6.36. The summed E-state index contributed by atoms with van der Waals surface area (Å²) in [6, 6.07) is 25.0. The number of anilines is 3. The maximum absolute atomic E-state index is 18.3. The van der Waals surface area contributed by atoms with E-state index in [4.69, 9.17) is 50.0 Å². The summed E-state index contributed by atoms with van der Waals surface area (Å²) in [4.78, 5) is 20.5. The van der Waals surface area contributed by atoms with Crippen molar-refractivity contribution in [2.45, 2.75) is 70.6 Å². The minimum atomic E-state index is -5.00. The Bertz CT molecular complexity index is 3110. The largest absolute Gasteiger partial charge is 0.497 e. The molecule has 3 atom stereocenters. The maximum Gasteiger partial charge on any atom is 0.418 e. The van der Waals surface area contributed by atoms with Crippen LogP contribution in [-0.2, 0) is 30.5 Å². The van der Waals surface area contributed by atoms with Crippen molar-refractivity contribution in [1.82, 2.24) is 30.0 Å². The van der Waals surface area contributed by atoms with Gasteiger partial charge in [0.15, 0.2) is 17.4 Å². The first kappa shape index (κ1) is 51.3. The van der Waals surface area contributed by atoms with Crippen LogP contribution in [0.25, 0.3) is 22.2 Å². The summed E-state index contributed by atoms with van der Waals surface area (Å²) in [6.07, 6.45) is -1.67. The van der Waals surface area contributed by atoms with Crippen LogP contribution in [0.15, 0.2) is 91.1 Å². The Morgan fingerprint density at radius 3 is 2.13 bits per heavy atom. The molecule has 0 spiro atoms. The number of ether oxygens (including phenoxy) is 6. The lowest BCUT2D eigenvalue weighted by Gasteiger charge is -2.33. The molecule has 4 aromatic carbocycles. The predicted octanol–water partition coefficient (Wildman–Crippen LogP) is 10.6. The van der Waals surface area contributed by atoms with Crippen molar-refractivity contribution in [2.75, 3.05) is 76.0 Å². The second-order valence-corrected chi connectivity index (χ2v) is 19.1. The first-order valence-corrected chi connectivity index (χ1v) is 25.1. The number of morpholine rings is 1. The zero-order chi connectivity index (χ0) is 52.4. The Labute approximate surface area is 436 Å². The van der Waals surface area contributed by atoms with Crippen molar-refractivity contribution in [1.29, 1.82) is 0 Å². The van der Waals surface area contributed by atoms with Gasteiger partial charge in [-0.05, 0) is 97.5 Å². The molecular weight excluding hydrogens is 994 g/mol. The molecule has 392 valence electrons. The second kappa shape index (κ2) is 21.9. The van der Waals surface area contributed by atoms with Crippen LogP contribution < -0.4 is 38.8 Å². The van der Waals surface area contributed by atoms with Crippen LogP contribution in [-0.4, -0.2) is 103 Å². The smallest absolute Gasteiger partial charge is 0.418 e. The van der Waals surface area contributed by atoms with Crippen molar-refractivity contribution in [2.24, 2.45) is 0 Å². The van der Waals surface area contributed by atoms with Gasteiger partial charge in [0.2, 0.25) is 0 Å². The molecule has 0 amide bonds. The average molecular weight is 1050 g/mol. The number of alkyl halides is 3. The molecule has 20 heteroatoms. The second-order valence-electron chi connectivity index (χ2n) is 18.7. The number of methoxy groups -OCH3 is 3. The number of aryl methyl sites for hydroxylation is 1. The number of rotatable bonds is 17.